The number of amides is 2. The van der Waals surface area contributed by atoms with Gasteiger partial charge in [-0.05, 0) is 44.0 Å². The fourth-order valence-corrected chi connectivity index (χ4v) is 4.26. The molecule has 2 aromatic heterocycles. The van der Waals surface area contributed by atoms with Gasteiger partial charge in [-0.3, -0.25) is 9.59 Å². The molecule has 2 amide bonds. The first kappa shape index (κ1) is 20.1. The van der Waals surface area contributed by atoms with Gasteiger partial charge in [-0.2, -0.15) is 0 Å². The summed E-state index contributed by atoms with van der Waals surface area (Å²) >= 11 is 0. The van der Waals surface area contributed by atoms with Gasteiger partial charge in [0.05, 0.1) is 11.6 Å². The molecule has 0 saturated carbocycles. The fourth-order valence-electron chi connectivity index (χ4n) is 4.26. The van der Waals surface area contributed by atoms with Crippen LogP contribution in [0, 0.1) is 12.8 Å². The van der Waals surface area contributed by atoms with Crippen molar-refractivity contribution in [1.82, 2.24) is 14.9 Å². The SMILES string of the molecule is Cc1ncoc1C(=O)N1CCC[C@H](C(=O)Nc2cccc(-c3cc4ccccc4[nH]3)c2)C1. The predicted molar refractivity (Wildman–Crippen MR) is 122 cm³/mol. The van der Waals surface area contributed by atoms with E-state index in [1.807, 2.05) is 42.5 Å². The molecule has 0 spiro atoms. The molecule has 7 nitrogen and oxygen atoms in total. The Hall–Kier alpha value is -3.87. The lowest BCUT2D eigenvalue weighted by molar-refractivity contribution is -0.121. The lowest BCUT2D eigenvalue weighted by atomic mass is 9.96. The minimum atomic E-state index is -0.271. The lowest BCUT2D eigenvalue weighted by Gasteiger charge is -2.31. The van der Waals surface area contributed by atoms with Gasteiger partial charge in [0.1, 0.15) is 0 Å². The van der Waals surface area contributed by atoms with Gasteiger partial charge in [0, 0.05) is 40.9 Å². The van der Waals surface area contributed by atoms with Crippen LogP contribution in [-0.2, 0) is 4.79 Å². The monoisotopic (exact) mass is 428 g/mol. The molecular weight excluding hydrogens is 404 g/mol. The molecule has 1 saturated heterocycles. The summed E-state index contributed by atoms with van der Waals surface area (Å²) in [7, 11) is 0. The molecular formula is C25H24N4O3. The Balaban J connectivity index is 1.29. The number of nitrogens with one attached hydrogen (secondary N) is 2. The summed E-state index contributed by atoms with van der Waals surface area (Å²) < 4.78 is 5.24. The third kappa shape index (κ3) is 3.89. The number of oxazole rings is 1. The number of carbonyl (C=O) groups excluding carboxylic acids is 2. The number of fused-ring (bicyclic) bond motifs is 1. The van der Waals surface area contributed by atoms with E-state index in [9.17, 15) is 9.59 Å². The zero-order valence-corrected chi connectivity index (χ0v) is 17.8. The van der Waals surface area contributed by atoms with Gasteiger partial charge in [-0.15, -0.1) is 0 Å². The van der Waals surface area contributed by atoms with Crippen molar-refractivity contribution in [3.05, 3.63) is 72.4 Å². The Morgan fingerprint density at radius 2 is 2.03 bits per heavy atom. The summed E-state index contributed by atoms with van der Waals surface area (Å²) in [5.41, 5.74) is 4.38. The van der Waals surface area contributed by atoms with Gasteiger partial charge in [0.25, 0.3) is 5.91 Å². The van der Waals surface area contributed by atoms with Gasteiger partial charge in [-0.25, -0.2) is 4.98 Å². The molecule has 1 aliphatic rings. The minimum Gasteiger partial charge on any atom is -0.438 e. The average molecular weight is 428 g/mol. The third-order valence-electron chi connectivity index (χ3n) is 5.99. The zero-order valence-electron chi connectivity index (χ0n) is 17.8. The van der Waals surface area contributed by atoms with Crippen LogP contribution in [0.3, 0.4) is 0 Å². The van der Waals surface area contributed by atoms with E-state index < -0.39 is 0 Å². The molecule has 5 rings (SSSR count). The Kier molecular flexibility index (Phi) is 5.23. The number of benzene rings is 2. The molecule has 32 heavy (non-hydrogen) atoms. The molecule has 2 N–H and O–H groups in total. The maximum atomic E-state index is 13.0. The summed E-state index contributed by atoms with van der Waals surface area (Å²) in [5, 5.41) is 4.18. The Morgan fingerprint density at radius 3 is 2.84 bits per heavy atom. The number of hydrogen-bond acceptors (Lipinski definition) is 4. The van der Waals surface area contributed by atoms with Crippen molar-refractivity contribution in [2.45, 2.75) is 19.8 Å². The molecule has 3 heterocycles. The summed E-state index contributed by atoms with van der Waals surface area (Å²) in [4.78, 5) is 34.8. The Morgan fingerprint density at radius 1 is 1.16 bits per heavy atom. The van der Waals surface area contributed by atoms with Crippen molar-refractivity contribution in [1.29, 1.82) is 0 Å². The topological polar surface area (TPSA) is 91.2 Å². The number of piperidine rings is 1. The standard InChI is InChI=1S/C25H24N4O3/c1-16-23(32-15-26-16)25(31)29-11-5-8-19(14-29)24(30)27-20-9-4-7-17(12-20)22-13-18-6-2-3-10-21(18)28-22/h2-4,6-7,9-10,12-13,15,19,28H,5,8,11,14H2,1H3,(H,27,30)/t19-/m0/s1. The fraction of sp³-hybridized carbons (Fsp3) is 0.240. The van der Waals surface area contributed by atoms with Crippen LogP contribution in [0.2, 0.25) is 0 Å². The number of aromatic amines is 1. The number of carbonyl (C=O) groups is 2. The van der Waals surface area contributed by atoms with Gasteiger partial charge >= 0.3 is 0 Å². The van der Waals surface area contributed by atoms with E-state index >= 15 is 0 Å². The number of rotatable bonds is 4. The van der Waals surface area contributed by atoms with Crippen LogP contribution >= 0.6 is 0 Å². The molecule has 0 bridgehead atoms. The number of likely N-dealkylation sites (tertiary alicyclic amines) is 1. The second-order valence-electron chi connectivity index (χ2n) is 8.20. The van der Waals surface area contributed by atoms with E-state index in [1.165, 1.54) is 6.39 Å². The predicted octanol–water partition coefficient (Wildman–Crippen LogP) is 4.62. The highest BCUT2D eigenvalue weighted by Gasteiger charge is 2.31. The summed E-state index contributed by atoms with van der Waals surface area (Å²) in [6, 6.07) is 18.0. The van der Waals surface area contributed by atoms with Crippen LogP contribution in [0.1, 0.15) is 29.1 Å². The lowest BCUT2D eigenvalue weighted by Crippen LogP contribution is -2.43. The number of aromatic nitrogens is 2. The summed E-state index contributed by atoms with van der Waals surface area (Å²) in [6.07, 6.45) is 2.79. The second kappa shape index (κ2) is 8.34. The smallest absolute Gasteiger partial charge is 0.291 e. The van der Waals surface area contributed by atoms with Crippen molar-refractivity contribution < 1.29 is 14.0 Å². The van der Waals surface area contributed by atoms with Gasteiger partial charge < -0.3 is 19.6 Å². The summed E-state index contributed by atoms with van der Waals surface area (Å²) in [6.45, 7) is 2.72. The highest BCUT2D eigenvalue weighted by Crippen LogP contribution is 2.27. The van der Waals surface area contributed by atoms with Crippen molar-refractivity contribution in [2.75, 3.05) is 18.4 Å². The highest BCUT2D eigenvalue weighted by molar-refractivity contribution is 5.96. The van der Waals surface area contributed by atoms with Crippen molar-refractivity contribution >= 4 is 28.4 Å². The molecule has 0 aliphatic carbocycles. The molecule has 1 aliphatic heterocycles. The molecule has 1 atom stereocenters. The van der Waals surface area contributed by atoms with Crippen LogP contribution in [0.4, 0.5) is 5.69 Å². The maximum absolute atomic E-state index is 13.0. The van der Waals surface area contributed by atoms with E-state index in [0.717, 1.165) is 40.7 Å². The minimum absolute atomic E-state index is 0.0782. The normalized spacial score (nSPS) is 16.3. The number of H-pyrrole nitrogens is 1. The average Bonchev–Trinajstić information content (AvgIpc) is 3.45. The van der Waals surface area contributed by atoms with Crippen LogP contribution in [-0.4, -0.2) is 39.8 Å². The van der Waals surface area contributed by atoms with Crippen LogP contribution in [0.15, 0.2) is 65.4 Å². The number of para-hydroxylation sites is 1. The van der Waals surface area contributed by atoms with Crippen LogP contribution < -0.4 is 5.32 Å². The van der Waals surface area contributed by atoms with Crippen LogP contribution in [0.25, 0.3) is 22.2 Å². The molecule has 1 fully saturated rings. The van der Waals surface area contributed by atoms with Crippen molar-refractivity contribution in [3.8, 4) is 11.3 Å². The maximum Gasteiger partial charge on any atom is 0.291 e. The second-order valence-corrected chi connectivity index (χ2v) is 8.20. The molecule has 0 unspecified atom stereocenters. The van der Waals surface area contributed by atoms with Crippen molar-refractivity contribution in [2.24, 2.45) is 5.92 Å². The molecule has 162 valence electrons. The first-order valence-corrected chi connectivity index (χ1v) is 10.8. The Labute approximate surface area is 185 Å². The Bertz CT molecular complexity index is 1260. The van der Waals surface area contributed by atoms with E-state index in [1.54, 1.807) is 11.8 Å². The molecule has 0 radical (unpaired) electrons. The quantitative estimate of drug-likeness (QED) is 0.496. The van der Waals surface area contributed by atoms with Crippen LogP contribution in [0.5, 0.6) is 0 Å². The number of aryl methyl sites for hydroxylation is 1. The van der Waals surface area contributed by atoms with E-state index in [-0.39, 0.29) is 23.5 Å². The summed E-state index contributed by atoms with van der Waals surface area (Å²) in [5.74, 6) is -0.311. The first-order chi connectivity index (χ1) is 15.6. The van der Waals surface area contributed by atoms with E-state index in [2.05, 4.69) is 27.4 Å². The third-order valence-corrected chi connectivity index (χ3v) is 5.99. The van der Waals surface area contributed by atoms with Gasteiger partial charge in [0.2, 0.25) is 11.7 Å². The first-order valence-electron chi connectivity index (χ1n) is 10.8. The van der Waals surface area contributed by atoms with Gasteiger partial charge in [-0.1, -0.05) is 30.3 Å². The molecule has 2 aromatic carbocycles. The largest absolute Gasteiger partial charge is 0.438 e. The van der Waals surface area contributed by atoms with E-state index in [4.69, 9.17) is 4.42 Å². The zero-order chi connectivity index (χ0) is 22.1. The number of hydrogen-bond donors (Lipinski definition) is 2. The van der Waals surface area contributed by atoms with Crippen molar-refractivity contribution in [3.63, 3.8) is 0 Å². The number of nitrogens with zero attached hydrogens (tertiary/aromatic N) is 2. The molecule has 4 aromatic rings. The number of anilines is 1. The highest BCUT2D eigenvalue weighted by atomic mass is 16.3. The molecule has 7 heteroatoms. The van der Waals surface area contributed by atoms with Gasteiger partial charge in [0.15, 0.2) is 6.39 Å². The van der Waals surface area contributed by atoms with E-state index in [0.29, 0.717) is 18.8 Å².